The van der Waals surface area contributed by atoms with Crippen molar-refractivity contribution in [1.82, 2.24) is 0 Å². The molecule has 0 radical (unpaired) electrons. The minimum atomic E-state index is 0.408. The fourth-order valence-corrected chi connectivity index (χ4v) is 6.83. The third-order valence-electron chi connectivity index (χ3n) is 8.27. The van der Waals surface area contributed by atoms with Crippen LogP contribution in [0.1, 0.15) is 40.5 Å². The molecule has 0 nitrogen and oxygen atoms in total. The first-order valence-corrected chi connectivity index (χ1v) is 12.6. The molecular formula is C35H24. The van der Waals surface area contributed by atoms with Crippen molar-refractivity contribution in [3.8, 4) is 0 Å². The largest absolute Gasteiger partial charge is 0.0763 e. The molecule has 0 aromatic heterocycles. The van der Waals surface area contributed by atoms with Crippen LogP contribution in [0, 0.1) is 0 Å². The fraction of sp³-hybridized carbons (Fsp3) is 0.0857. The molecule has 2 aliphatic rings. The normalized spacial score (nSPS) is 18.2. The van der Waals surface area contributed by atoms with Gasteiger partial charge < -0.3 is 0 Å². The summed E-state index contributed by atoms with van der Waals surface area (Å²) in [4.78, 5) is 0. The van der Waals surface area contributed by atoms with Crippen molar-refractivity contribution < 1.29 is 0 Å². The molecule has 2 unspecified atom stereocenters. The monoisotopic (exact) mass is 444 g/mol. The van der Waals surface area contributed by atoms with Crippen molar-refractivity contribution in [3.63, 3.8) is 0 Å². The van der Waals surface area contributed by atoms with Crippen molar-refractivity contribution in [2.24, 2.45) is 0 Å². The first-order chi connectivity index (χ1) is 17.4. The fourth-order valence-electron chi connectivity index (χ4n) is 6.83. The van der Waals surface area contributed by atoms with E-state index < -0.39 is 0 Å². The third kappa shape index (κ3) is 2.63. The van der Waals surface area contributed by atoms with Crippen LogP contribution in [0.4, 0.5) is 0 Å². The van der Waals surface area contributed by atoms with Crippen LogP contribution in [0.3, 0.4) is 0 Å². The maximum Gasteiger partial charge on any atom is 0.00424 e. The van der Waals surface area contributed by atoms with Crippen molar-refractivity contribution in [2.75, 3.05) is 0 Å². The van der Waals surface area contributed by atoms with Gasteiger partial charge in [-0.2, -0.15) is 0 Å². The lowest BCUT2D eigenvalue weighted by Gasteiger charge is -2.22. The zero-order valence-electron chi connectivity index (χ0n) is 19.4. The van der Waals surface area contributed by atoms with Gasteiger partial charge in [0.15, 0.2) is 0 Å². The van der Waals surface area contributed by atoms with Crippen molar-refractivity contribution in [2.45, 2.75) is 18.3 Å². The number of fused-ring (bicyclic) bond motifs is 12. The van der Waals surface area contributed by atoms with Gasteiger partial charge in [0.1, 0.15) is 0 Å². The van der Waals surface area contributed by atoms with Crippen molar-refractivity contribution >= 4 is 55.2 Å². The maximum absolute atomic E-state index is 2.46. The molecule has 0 bridgehead atoms. The van der Waals surface area contributed by atoms with E-state index in [1.165, 1.54) is 65.3 Å². The summed E-state index contributed by atoms with van der Waals surface area (Å²) >= 11 is 0. The van der Waals surface area contributed by atoms with Gasteiger partial charge in [0.25, 0.3) is 0 Å². The quantitative estimate of drug-likeness (QED) is 0.233. The van der Waals surface area contributed by atoms with E-state index in [1.807, 2.05) is 0 Å². The van der Waals surface area contributed by atoms with Gasteiger partial charge in [-0.3, -0.25) is 0 Å². The maximum atomic E-state index is 2.46. The number of hydrogen-bond acceptors (Lipinski definition) is 0. The summed E-state index contributed by atoms with van der Waals surface area (Å²) < 4.78 is 0. The van der Waals surface area contributed by atoms with Crippen LogP contribution < -0.4 is 0 Å². The van der Waals surface area contributed by atoms with Gasteiger partial charge in [-0.1, -0.05) is 121 Å². The SMILES string of the molecule is C1=CC(CC2C=Cc3c2c2ccccc2c2ccccc32)c2c1c1ccccc1c1ccccc21. The number of hydrogen-bond donors (Lipinski definition) is 0. The molecule has 0 heteroatoms. The van der Waals surface area contributed by atoms with E-state index in [1.54, 1.807) is 0 Å². The lowest BCUT2D eigenvalue weighted by atomic mass is 9.81. The molecule has 2 atom stereocenters. The van der Waals surface area contributed by atoms with E-state index in [0.29, 0.717) is 11.8 Å². The summed E-state index contributed by atoms with van der Waals surface area (Å²) in [7, 11) is 0. The van der Waals surface area contributed by atoms with Gasteiger partial charge in [0, 0.05) is 11.8 Å². The van der Waals surface area contributed by atoms with Crippen LogP contribution >= 0.6 is 0 Å². The molecule has 0 spiro atoms. The van der Waals surface area contributed by atoms with Crippen LogP contribution in [0.25, 0.3) is 55.2 Å². The second-order valence-corrected chi connectivity index (χ2v) is 10.0. The van der Waals surface area contributed by atoms with Crippen molar-refractivity contribution in [1.29, 1.82) is 0 Å². The van der Waals surface area contributed by atoms with Crippen molar-refractivity contribution in [3.05, 3.63) is 131 Å². The first-order valence-electron chi connectivity index (χ1n) is 12.6. The lowest BCUT2D eigenvalue weighted by molar-refractivity contribution is 0.693. The molecule has 0 saturated heterocycles. The Kier molecular flexibility index (Phi) is 3.93. The Morgan fingerprint density at radius 2 is 0.686 bits per heavy atom. The van der Waals surface area contributed by atoms with E-state index in [9.17, 15) is 0 Å². The number of benzene rings is 6. The summed E-state index contributed by atoms with van der Waals surface area (Å²) in [6, 6.07) is 35.7. The van der Waals surface area contributed by atoms with E-state index in [2.05, 4.69) is 121 Å². The van der Waals surface area contributed by atoms with E-state index in [-0.39, 0.29) is 0 Å². The highest BCUT2D eigenvalue weighted by Gasteiger charge is 2.29. The summed E-state index contributed by atoms with van der Waals surface area (Å²) in [5, 5.41) is 11.0. The van der Waals surface area contributed by atoms with Gasteiger partial charge in [-0.05, 0) is 71.8 Å². The second-order valence-electron chi connectivity index (χ2n) is 10.0. The molecule has 0 aliphatic heterocycles. The second kappa shape index (κ2) is 7.17. The molecule has 35 heavy (non-hydrogen) atoms. The van der Waals surface area contributed by atoms with Crippen LogP contribution in [0.5, 0.6) is 0 Å². The molecule has 0 fully saturated rings. The molecular weight excluding hydrogens is 420 g/mol. The Balaban J connectivity index is 1.32. The highest BCUT2D eigenvalue weighted by atomic mass is 14.3. The smallest absolute Gasteiger partial charge is 0.00424 e. The topological polar surface area (TPSA) is 0 Å². The predicted molar refractivity (Wildman–Crippen MR) is 151 cm³/mol. The predicted octanol–water partition coefficient (Wildman–Crippen LogP) is 9.61. The summed E-state index contributed by atoms with van der Waals surface area (Å²) in [6.07, 6.45) is 10.8. The number of allylic oxidation sites excluding steroid dienone is 2. The Morgan fingerprint density at radius 1 is 0.371 bits per heavy atom. The van der Waals surface area contributed by atoms with Crippen LogP contribution in [-0.4, -0.2) is 0 Å². The van der Waals surface area contributed by atoms with Gasteiger partial charge in [-0.25, -0.2) is 0 Å². The molecule has 6 aromatic rings. The Morgan fingerprint density at radius 3 is 1.09 bits per heavy atom. The van der Waals surface area contributed by atoms with Gasteiger partial charge >= 0.3 is 0 Å². The van der Waals surface area contributed by atoms with Gasteiger partial charge in [0.2, 0.25) is 0 Å². The zero-order valence-corrected chi connectivity index (χ0v) is 19.4. The average Bonchev–Trinajstić information content (AvgIpc) is 3.55. The molecule has 0 saturated carbocycles. The van der Waals surface area contributed by atoms with E-state index >= 15 is 0 Å². The first kappa shape index (κ1) is 19.2. The molecule has 6 aromatic carbocycles. The minimum absolute atomic E-state index is 0.408. The van der Waals surface area contributed by atoms with E-state index in [4.69, 9.17) is 0 Å². The van der Waals surface area contributed by atoms with Crippen LogP contribution in [0.15, 0.2) is 109 Å². The van der Waals surface area contributed by atoms with Gasteiger partial charge in [0.05, 0.1) is 0 Å². The Labute approximate surface area is 204 Å². The van der Waals surface area contributed by atoms with Crippen LogP contribution in [0.2, 0.25) is 0 Å². The summed E-state index contributed by atoms with van der Waals surface area (Å²) in [6.45, 7) is 0. The minimum Gasteiger partial charge on any atom is -0.0763 e. The number of rotatable bonds is 2. The van der Waals surface area contributed by atoms with Gasteiger partial charge in [-0.15, -0.1) is 0 Å². The lowest BCUT2D eigenvalue weighted by Crippen LogP contribution is -2.03. The molecule has 2 aliphatic carbocycles. The third-order valence-corrected chi connectivity index (χ3v) is 8.27. The average molecular weight is 445 g/mol. The summed E-state index contributed by atoms with van der Waals surface area (Å²) in [5.74, 6) is 0.815. The summed E-state index contributed by atoms with van der Waals surface area (Å²) in [5.41, 5.74) is 5.84. The molecule has 0 N–H and O–H groups in total. The Hall–Kier alpha value is -4.16. The highest BCUT2D eigenvalue weighted by Crippen LogP contribution is 2.49. The highest BCUT2D eigenvalue weighted by molar-refractivity contribution is 6.15. The Bertz CT molecular complexity index is 1740. The standard InChI is InChI=1S/C35H24/c1-3-13-28-24(9-1)26-11-5-7-15-30(26)34-22(17-19-32(28)34)21-23-18-20-33-29-14-4-2-10-25(29)27-12-6-8-16-31(27)35(23)33/h1-20,22-23H,21H2. The molecule has 8 rings (SSSR count). The zero-order chi connectivity index (χ0) is 22.9. The van der Waals surface area contributed by atoms with E-state index in [0.717, 1.165) is 6.42 Å². The molecule has 0 heterocycles. The molecule has 0 amide bonds. The molecule has 164 valence electrons. The van der Waals surface area contributed by atoms with Crippen LogP contribution in [-0.2, 0) is 0 Å².